The lowest BCUT2D eigenvalue weighted by Gasteiger charge is -2.37. The molecular formula is C15H24N2. The highest BCUT2D eigenvalue weighted by atomic mass is 15.0. The molecule has 2 N–H and O–H groups in total. The molecule has 1 aliphatic carbocycles. The summed E-state index contributed by atoms with van der Waals surface area (Å²) >= 11 is 0. The maximum atomic E-state index is 3.60. The van der Waals surface area contributed by atoms with Crippen LogP contribution >= 0.6 is 0 Å². The third-order valence-electron chi connectivity index (χ3n) is 3.98. The molecule has 0 radical (unpaired) electrons. The number of hydrogen-bond donors (Lipinski definition) is 2. The van der Waals surface area contributed by atoms with Crippen molar-refractivity contribution in [2.75, 3.05) is 13.6 Å². The molecule has 1 saturated carbocycles. The normalized spacial score (nSPS) is 19.1. The fourth-order valence-corrected chi connectivity index (χ4v) is 2.79. The van der Waals surface area contributed by atoms with Gasteiger partial charge in [0, 0.05) is 18.6 Å². The molecule has 1 fully saturated rings. The van der Waals surface area contributed by atoms with E-state index < -0.39 is 0 Å². The van der Waals surface area contributed by atoms with E-state index in [4.69, 9.17) is 0 Å². The minimum atomic E-state index is 0.340. The molecule has 17 heavy (non-hydrogen) atoms. The van der Waals surface area contributed by atoms with E-state index in [0.29, 0.717) is 5.54 Å². The summed E-state index contributed by atoms with van der Waals surface area (Å²) in [5.41, 5.74) is 1.71. The molecule has 1 aromatic carbocycles. The van der Waals surface area contributed by atoms with Crippen molar-refractivity contribution in [3.8, 4) is 0 Å². The zero-order chi connectivity index (χ0) is 12.0. The van der Waals surface area contributed by atoms with Gasteiger partial charge < -0.3 is 10.6 Å². The van der Waals surface area contributed by atoms with Gasteiger partial charge in [-0.3, -0.25) is 0 Å². The Morgan fingerprint density at radius 1 is 1.06 bits per heavy atom. The highest BCUT2D eigenvalue weighted by molar-refractivity contribution is 5.14. The Kier molecular flexibility index (Phi) is 4.57. The quantitative estimate of drug-likeness (QED) is 0.815. The molecular weight excluding hydrogens is 208 g/mol. The highest BCUT2D eigenvalue weighted by Crippen LogP contribution is 2.27. The van der Waals surface area contributed by atoms with Gasteiger partial charge in [-0.1, -0.05) is 49.6 Å². The first-order chi connectivity index (χ1) is 8.35. The SMILES string of the molecule is CNC1(CNCc2ccccc2)CCCCC1. The summed E-state index contributed by atoms with van der Waals surface area (Å²) in [5.74, 6) is 0. The molecule has 0 aromatic heterocycles. The van der Waals surface area contributed by atoms with Gasteiger partial charge in [-0.25, -0.2) is 0 Å². The molecule has 0 spiro atoms. The number of nitrogens with one attached hydrogen (secondary N) is 2. The molecule has 1 aliphatic rings. The van der Waals surface area contributed by atoms with Gasteiger partial charge in [0.25, 0.3) is 0 Å². The smallest absolute Gasteiger partial charge is 0.0303 e. The fourth-order valence-electron chi connectivity index (χ4n) is 2.79. The molecule has 2 rings (SSSR count). The van der Waals surface area contributed by atoms with Crippen LogP contribution < -0.4 is 10.6 Å². The van der Waals surface area contributed by atoms with Crippen LogP contribution in [0.5, 0.6) is 0 Å². The van der Waals surface area contributed by atoms with Crippen LogP contribution in [0.3, 0.4) is 0 Å². The largest absolute Gasteiger partial charge is 0.313 e. The first-order valence-corrected chi connectivity index (χ1v) is 6.78. The Hall–Kier alpha value is -0.860. The maximum absolute atomic E-state index is 3.60. The first kappa shape index (κ1) is 12.6. The van der Waals surface area contributed by atoms with Crippen LogP contribution in [-0.4, -0.2) is 19.1 Å². The summed E-state index contributed by atoms with van der Waals surface area (Å²) in [5, 5.41) is 7.14. The van der Waals surface area contributed by atoms with E-state index in [2.05, 4.69) is 48.0 Å². The average molecular weight is 232 g/mol. The van der Waals surface area contributed by atoms with E-state index in [1.54, 1.807) is 0 Å². The number of benzene rings is 1. The first-order valence-electron chi connectivity index (χ1n) is 6.78. The third kappa shape index (κ3) is 3.55. The zero-order valence-electron chi connectivity index (χ0n) is 10.8. The standard InChI is InChI=1S/C15H24N2/c1-16-15(10-6-3-7-11-15)13-17-12-14-8-4-2-5-9-14/h2,4-5,8-9,16-17H,3,6-7,10-13H2,1H3. The van der Waals surface area contributed by atoms with E-state index >= 15 is 0 Å². The van der Waals surface area contributed by atoms with Crippen molar-refractivity contribution >= 4 is 0 Å². The van der Waals surface area contributed by atoms with Crippen LogP contribution in [0.1, 0.15) is 37.7 Å². The molecule has 0 atom stereocenters. The van der Waals surface area contributed by atoms with Gasteiger partial charge in [0.15, 0.2) is 0 Å². The summed E-state index contributed by atoms with van der Waals surface area (Å²) in [6.45, 7) is 2.06. The Balaban J connectivity index is 1.80. The average Bonchev–Trinajstić information content (AvgIpc) is 2.41. The number of rotatable bonds is 5. The van der Waals surface area contributed by atoms with Gasteiger partial charge in [-0.05, 0) is 25.5 Å². The van der Waals surface area contributed by atoms with E-state index in [1.165, 1.54) is 37.7 Å². The molecule has 0 amide bonds. The molecule has 0 unspecified atom stereocenters. The number of likely N-dealkylation sites (N-methyl/N-ethyl adjacent to an activating group) is 1. The van der Waals surface area contributed by atoms with Crippen molar-refractivity contribution < 1.29 is 0 Å². The van der Waals surface area contributed by atoms with E-state index in [-0.39, 0.29) is 0 Å². The van der Waals surface area contributed by atoms with Crippen LogP contribution in [0.2, 0.25) is 0 Å². The molecule has 94 valence electrons. The minimum absolute atomic E-state index is 0.340. The lowest BCUT2D eigenvalue weighted by atomic mass is 9.81. The molecule has 0 heterocycles. The molecule has 1 aromatic rings. The topological polar surface area (TPSA) is 24.1 Å². The molecule has 0 aliphatic heterocycles. The summed E-state index contributed by atoms with van der Waals surface area (Å²) in [7, 11) is 2.11. The van der Waals surface area contributed by atoms with Crippen molar-refractivity contribution in [1.29, 1.82) is 0 Å². The summed E-state index contributed by atoms with van der Waals surface area (Å²) in [6.07, 6.45) is 6.76. The van der Waals surface area contributed by atoms with Crippen LogP contribution in [0.15, 0.2) is 30.3 Å². The second kappa shape index (κ2) is 6.18. The summed E-state index contributed by atoms with van der Waals surface area (Å²) in [4.78, 5) is 0. The Bertz CT molecular complexity index is 315. The van der Waals surface area contributed by atoms with Gasteiger partial charge in [0.1, 0.15) is 0 Å². The van der Waals surface area contributed by atoms with Gasteiger partial charge in [0.2, 0.25) is 0 Å². The van der Waals surface area contributed by atoms with Gasteiger partial charge >= 0.3 is 0 Å². The molecule has 0 saturated heterocycles. The Morgan fingerprint density at radius 2 is 1.76 bits per heavy atom. The summed E-state index contributed by atoms with van der Waals surface area (Å²) in [6, 6.07) is 10.6. The second-order valence-electron chi connectivity index (χ2n) is 5.18. The molecule has 0 bridgehead atoms. The lowest BCUT2D eigenvalue weighted by molar-refractivity contribution is 0.237. The lowest BCUT2D eigenvalue weighted by Crippen LogP contribution is -2.51. The van der Waals surface area contributed by atoms with E-state index in [1.807, 2.05) is 0 Å². The van der Waals surface area contributed by atoms with Crippen molar-refractivity contribution in [3.05, 3.63) is 35.9 Å². The fraction of sp³-hybridized carbons (Fsp3) is 0.600. The van der Waals surface area contributed by atoms with Crippen LogP contribution in [0.4, 0.5) is 0 Å². The zero-order valence-corrected chi connectivity index (χ0v) is 10.8. The monoisotopic (exact) mass is 232 g/mol. The number of hydrogen-bond acceptors (Lipinski definition) is 2. The summed E-state index contributed by atoms with van der Waals surface area (Å²) < 4.78 is 0. The minimum Gasteiger partial charge on any atom is -0.313 e. The third-order valence-corrected chi connectivity index (χ3v) is 3.98. The Labute approximate surface area is 105 Å². The van der Waals surface area contributed by atoms with Crippen molar-refractivity contribution in [2.24, 2.45) is 0 Å². The maximum Gasteiger partial charge on any atom is 0.0303 e. The molecule has 2 heteroatoms. The van der Waals surface area contributed by atoms with Gasteiger partial charge in [-0.15, -0.1) is 0 Å². The molecule has 2 nitrogen and oxygen atoms in total. The predicted octanol–water partition coefficient (Wildman–Crippen LogP) is 2.70. The Morgan fingerprint density at radius 3 is 2.41 bits per heavy atom. The van der Waals surface area contributed by atoms with E-state index in [9.17, 15) is 0 Å². The van der Waals surface area contributed by atoms with Crippen LogP contribution in [0.25, 0.3) is 0 Å². The highest BCUT2D eigenvalue weighted by Gasteiger charge is 2.29. The second-order valence-corrected chi connectivity index (χ2v) is 5.18. The van der Waals surface area contributed by atoms with Crippen LogP contribution in [-0.2, 0) is 6.54 Å². The van der Waals surface area contributed by atoms with Crippen LogP contribution in [0, 0.1) is 0 Å². The van der Waals surface area contributed by atoms with Crippen molar-refractivity contribution in [1.82, 2.24) is 10.6 Å². The van der Waals surface area contributed by atoms with Crippen molar-refractivity contribution in [2.45, 2.75) is 44.2 Å². The predicted molar refractivity (Wildman–Crippen MR) is 73.0 cm³/mol. The van der Waals surface area contributed by atoms with Crippen molar-refractivity contribution in [3.63, 3.8) is 0 Å². The van der Waals surface area contributed by atoms with Gasteiger partial charge in [-0.2, -0.15) is 0 Å². The van der Waals surface area contributed by atoms with Gasteiger partial charge in [0.05, 0.1) is 0 Å². The van der Waals surface area contributed by atoms with E-state index in [0.717, 1.165) is 13.1 Å².